The minimum absolute atomic E-state index is 0.139. The fraction of sp³-hybridized carbons (Fsp3) is 0.500. The maximum Gasteiger partial charge on any atom is 0.249 e. The van der Waals surface area contributed by atoms with Crippen LogP contribution >= 0.6 is 0 Å². The fourth-order valence-electron chi connectivity index (χ4n) is 3.51. The van der Waals surface area contributed by atoms with E-state index in [2.05, 4.69) is 20.4 Å². The van der Waals surface area contributed by atoms with E-state index in [-0.39, 0.29) is 5.91 Å². The third-order valence-corrected chi connectivity index (χ3v) is 4.82. The zero-order valence-corrected chi connectivity index (χ0v) is 14.5. The predicted octanol–water partition coefficient (Wildman–Crippen LogP) is 0.746. The number of aromatic nitrogens is 2. The lowest BCUT2D eigenvalue weighted by Crippen LogP contribution is -2.52. The fourth-order valence-corrected chi connectivity index (χ4v) is 3.51. The molecule has 2 saturated heterocycles. The van der Waals surface area contributed by atoms with Crippen LogP contribution in [-0.4, -0.2) is 59.0 Å². The molecule has 0 saturated carbocycles. The smallest absolute Gasteiger partial charge is 0.249 e. The summed E-state index contributed by atoms with van der Waals surface area (Å²) in [5, 5.41) is 6.62. The zero-order chi connectivity index (χ0) is 17.8. The molecule has 2 aromatic heterocycles. The Hall–Kier alpha value is -2.29. The summed E-state index contributed by atoms with van der Waals surface area (Å²) in [5.74, 6) is -0.139. The van der Waals surface area contributed by atoms with Crippen LogP contribution in [0.2, 0.25) is 0 Å². The third kappa shape index (κ3) is 3.92. The first-order valence-electron chi connectivity index (χ1n) is 8.76. The molecule has 8 nitrogen and oxygen atoms in total. The first-order valence-corrected chi connectivity index (χ1v) is 8.76. The number of pyridine rings is 1. The number of carbonyl (C=O) groups excluding carboxylic acids is 1. The normalized spacial score (nSPS) is 26.2. The van der Waals surface area contributed by atoms with Gasteiger partial charge in [-0.2, -0.15) is 0 Å². The van der Waals surface area contributed by atoms with Crippen LogP contribution in [0.4, 0.5) is 0 Å². The van der Waals surface area contributed by atoms with Crippen LogP contribution in [-0.2, 0) is 27.4 Å². The minimum atomic E-state index is -0.497. The van der Waals surface area contributed by atoms with Gasteiger partial charge in [0.05, 0.1) is 19.8 Å². The van der Waals surface area contributed by atoms with Gasteiger partial charge in [-0.3, -0.25) is 14.7 Å². The SMILES string of the molecule is O=C(NCc1ccon1)C1CC2(CO1)CN(Cc1ccncc1)CCO2. The van der Waals surface area contributed by atoms with Crippen molar-refractivity contribution in [3.05, 3.63) is 48.1 Å². The molecule has 0 radical (unpaired) electrons. The van der Waals surface area contributed by atoms with Crippen LogP contribution in [0.25, 0.3) is 0 Å². The van der Waals surface area contributed by atoms with Gasteiger partial charge in [-0.25, -0.2) is 0 Å². The van der Waals surface area contributed by atoms with Crippen molar-refractivity contribution < 1.29 is 18.8 Å². The van der Waals surface area contributed by atoms with Crippen molar-refractivity contribution in [2.45, 2.75) is 31.2 Å². The molecule has 138 valence electrons. The number of hydrogen-bond donors (Lipinski definition) is 1. The summed E-state index contributed by atoms with van der Waals surface area (Å²) in [6, 6.07) is 5.76. The molecule has 2 atom stereocenters. The van der Waals surface area contributed by atoms with Gasteiger partial charge in [0.2, 0.25) is 5.91 Å². The highest BCUT2D eigenvalue weighted by Gasteiger charge is 2.46. The minimum Gasteiger partial charge on any atom is -0.370 e. The molecule has 2 unspecified atom stereocenters. The molecule has 26 heavy (non-hydrogen) atoms. The molecule has 0 aromatic carbocycles. The van der Waals surface area contributed by atoms with Crippen LogP contribution < -0.4 is 5.32 Å². The summed E-state index contributed by atoms with van der Waals surface area (Å²) < 4.78 is 16.6. The highest BCUT2D eigenvalue weighted by molar-refractivity contribution is 5.81. The van der Waals surface area contributed by atoms with Crippen LogP contribution in [0.5, 0.6) is 0 Å². The summed E-state index contributed by atoms with van der Waals surface area (Å²) in [6.45, 7) is 3.87. The van der Waals surface area contributed by atoms with Gasteiger partial charge in [-0.15, -0.1) is 0 Å². The standard InChI is InChI=1S/C18H22N4O4/c23-17(20-10-15-3-7-26-21-15)16-9-18(13-24-16)12-22(6-8-25-18)11-14-1-4-19-5-2-14/h1-5,7,16H,6,8-13H2,(H,20,23). The maximum atomic E-state index is 12.4. The molecule has 0 bridgehead atoms. The van der Waals surface area contributed by atoms with Gasteiger partial charge in [0.1, 0.15) is 23.7 Å². The molecule has 4 heterocycles. The quantitative estimate of drug-likeness (QED) is 0.843. The molecule has 8 heteroatoms. The van der Waals surface area contributed by atoms with Crippen LogP contribution in [0, 0.1) is 0 Å². The second-order valence-corrected chi connectivity index (χ2v) is 6.81. The summed E-state index contributed by atoms with van der Waals surface area (Å²) in [4.78, 5) is 18.8. The molecular weight excluding hydrogens is 336 g/mol. The van der Waals surface area contributed by atoms with Gasteiger partial charge in [-0.05, 0) is 17.7 Å². The van der Waals surface area contributed by atoms with Crippen LogP contribution in [0.3, 0.4) is 0 Å². The van der Waals surface area contributed by atoms with Gasteiger partial charge in [-0.1, -0.05) is 5.16 Å². The van der Waals surface area contributed by atoms with E-state index in [9.17, 15) is 4.79 Å². The lowest BCUT2D eigenvalue weighted by Gasteiger charge is -2.39. The van der Waals surface area contributed by atoms with Gasteiger partial charge in [0.25, 0.3) is 0 Å². The van der Waals surface area contributed by atoms with Gasteiger partial charge in [0.15, 0.2) is 0 Å². The number of amides is 1. The Bertz CT molecular complexity index is 724. The van der Waals surface area contributed by atoms with Crippen LogP contribution in [0.15, 0.2) is 41.4 Å². The summed E-state index contributed by atoms with van der Waals surface area (Å²) in [5.41, 5.74) is 1.49. The number of morpholine rings is 1. The number of carbonyl (C=O) groups is 1. The second kappa shape index (κ2) is 7.53. The molecule has 1 spiro atoms. The Morgan fingerprint density at radius 1 is 1.35 bits per heavy atom. The van der Waals surface area contributed by atoms with Crippen molar-refractivity contribution in [2.75, 3.05) is 26.3 Å². The third-order valence-electron chi connectivity index (χ3n) is 4.82. The Morgan fingerprint density at radius 2 is 2.23 bits per heavy atom. The molecule has 0 aliphatic carbocycles. The number of hydrogen-bond acceptors (Lipinski definition) is 7. The molecule has 2 fully saturated rings. The first kappa shape index (κ1) is 17.1. The molecule has 1 N–H and O–H groups in total. The second-order valence-electron chi connectivity index (χ2n) is 6.81. The van der Waals surface area contributed by atoms with E-state index in [0.29, 0.717) is 31.9 Å². The first-order chi connectivity index (χ1) is 12.7. The predicted molar refractivity (Wildman–Crippen MR) is 90.9 cm³/mol. The molecule has 4 rings (SSSR count). The average Bonchev–Trinajstić information content (AvgIpc) is 3.31. The van der Waals surface area contributed by atoms with Crippen molar-refractivity contribution in [1.29, 1.82) is 0 Å². The molecule has 1 amide bonds. The maximum absolute atomic E-state index is 12.4. The van der Waals surface area contributed by atoms with Gasteiger partial charge in [0, 0.05) is 44.5 Å². The van der Waals surface area contributed by atoms with Crippen molar-refractivity contribution in [3.8, 4) is 0 Å². The average molecular weight is 358 g/mol. The zero-order valence-electron chi connectivity index (χ0n) is 14.5. The number of nitrogens with zero attached hydrogens (tertiary/aromatic N) is 3. The van der Waals surface area contributed by atoms with Crippen molar-refractivity contribution in [2.24, 2.45) is 0 Å². The molecule has 2 aliphatic heterocycles. The topological polar surface area (TPSA) is 89.7 Å². The Kier molecular flexibility index (Phi) is 4.96. The Morgan fingerprint density at radius 3 is 3.04 bits per heavy atom. The van der Waals surface area contributed by atoms with E-state index < -0.39 is 11.7 Å². The van der Waals surface area contributed by atoms with Crippen LogP contribution in [0.1, 0.15) is 17.7 Å². The van der Waals surface area contributed by atoms with Crippen molar-refractivity contribution in [1.82, 2.24) is 20.4 Å². The van der Waals surface area contributed by atoms with E-state index in [1.54, 1.807) is 18.5 Å². The lowest BCUT2D eigenvalue weighted by atomic mass is 9.97. The van der Waals surface area contributed by atoms with E-state index >= 15 is 0 Å². The molecule has 2 aromatic rings. The highest BCUT2D eigenvalue weighted by Crippen LogP contribution is 2.32. The number of nitrogens with one attached hydrogen (secondary N) is 1. The van der Waals surface area contributed by atoms with E-state index in [0.717, 1.165) is 19.6 Å². The summed E-state index contributed by atoms with van der Waals surface area (Å²) >= 11 is 0. The van der Waals surface area contributed by atoms with E-state index in [1.165, 1.54) is 11.8 Å². The monoisotopic (exact) mass is 358 g/mol. The Labute approximate surface area is 151 Å². The number of rotatable bonds is 5. The van der Waals surface area contributed by atoms with Crippen molar-refractivity contribution in [3.63, 3.8) is 0 Å². The lowest BCUT2D eigenvalue weighted by molar-refractivity contribution is -0.130. The summed E-state index contributed by atoms with van der Waals surface area (Å²) in [7, 11) is 0. The highest BCUT2D eigenvalue weighted by atomic mass is 16.6. The molecular formula is C18H22N4O4. The molecule has 2 aliphatic rings. The van der Waals surface area contributed by atoms with E-state index in [4.69, 9.17) is 14.0 Å². The largest absolute Gasteiger partial charge is 0.370 e. The Balaban J connectivity index is 1.32. The summed E-state index contributed by atoms with van der Waals surface area (Å²) in [6.07, 6.45) is 5.15. The van der Waals surface area contributed by atoms with E-state index in [1.807, 2.05) is 12.1 Å². The van der Waals surface area contributed by atoms with Gasteiger partial charge >= 0.3 is 0 Å². The van der Waals surface area contributed by atoms with Gasteiger partial charge < -0.3 is 19.3 Å². The number of ether oxygens (including phenoxy) is 2. The van der Waals surface area contributed by atoms with Crippen molar-refractivity contribution >= 4 is 5.91 Å².